The zero-order valence-corrected chi connectivity index (χ0v) is 11.1. The smallest absolute Gasteiger partial charge is 0.253 e. The summed E-state index contributed by atoms with van der Waals surface area (Å²) in [5.74, 6) is 0.101. The van der Waals surface area contributed by atoms with Gasteiger partial charge in [0.25, 0.3) is 5.91 Å². The first-order valence-corrected chi connectivity index (χ1v) is 6.35. The van der Waals surface area contributed by atoms with Crippen LogP contribution in [0.1, 0.15) is 22.3 Å². The highest BCUT2D eigenvalue weighted by atomic mass is 16.2. The predicted molar refractivity (Wildman–Crippen MR) is 72.3 cm³/mol. The SMILES string of the molecule is CN(C)Cc1cccc(C(=O)N2CCC(N)C2)c1. The van der Waals surface area contributed by atoms with E-state index in [2.05, 4.69) is 4.90 Å². The molecule has 18 heavy (non-hydrogen) atoms. The lowest BCUT2D eigenvalue weighted by Gasteiger charge is -2.17. The fourth-order valence-electron chi connectivity index (χ4n) is 2.32. The van der Waals surface area contributed by atoms with Crippen molar-refractivity contribution < 1.29 is 4.79 Å². The number of rotatable bonds is 3. The second-order valence-corrected chi connectivity index (χ2v) is 5.24. The molecule has 1 aliphatic rings. The highest BCUT2D eigenvalue weighted by Gasteiger charge is 2.24. The van der Waals surface area contributed by atoms with Gasteiger partial charge in [0.2, 0.25) is 0 Å². The Bertz CT molecular complexity index is 431. The van der Waals surface area contributed by atoms with Crippen molar-refractivity contribution in [3.05, 3.63) is 35.4 Å². The summed E-state index contributed by atoms with van der Waals surface area (Å²) in [5, 5.41) is 0. The summed E-state index contributed by atoms with van der Waals surface area (Å²) in [7, 11) is 4.04. The number of benzene rings is 1. The second kappa shape index (κ2) is 5.50. The lowest BCUT2D eigenvalue weighted by atomic mass is 10.1. The van der Waals surface area contributed by atoms with Crippen LogP contribution < -0.4 is 5.73 Å². The topological polar surface area (TPSA) is 49.6 Å². The van der Waals surface area contributed by atoms with Gasteiger partial charge in [-0.25, -0.2) is 0 Å². The molecular weight excluding hydrogens is 226 g/mol. The van der Waals surface area contributed by atoms with E-state index in [1.54, 1.807) is 0 Å². The molecule has 0 radical (unpaired) electrons. The molecule has 0 bridgehead atoms. The number of hydrogen-bond donors (Lipinski definition) is 1. The Morgan fingerprint density at radius 3 is 2.89 bits per heavy atom. The Morgan fingerprint density at radius 2 is 2.28 bits per heavy atom. The van der Waals surface area contributed by atoms with Gasteiger partial charge in [-0.2, -0.15) is 0 Å². The molecule has 4 nitrogen and oxygen atoms in total. The number of carbonyl (C=O) groups excluding carboxylic acids is 1. The summed E-state index contributed by atoms with van der Waals surface area (Å²) in [5.41, 5.74) is 7.76. The largest absolute Gasteiger partial charge is 0.337 e. The van der Waals surface area contributed by atoms with Crippen molar-refractivity contribution in [2.45, 2.75) is 19.0 Å². The molecule has 4 heteroatoms. The van der Waals surface area contributed by atoms with Gasteiger partial charge in [0.15, 0.2) is 0 Å². The van der Waals surface area contributed by atoms with Gasteiger partial charge in [-0.3, -0.25) is 4.79 Å². The molecule has 1 aliphatic heterocycles. The van der Waals surface area contributed by atoms with Crippen molar-refractivity contribution in [1.82, 2.24) is 9.80 Å². The van der Waals surface area contributed by atoms with Gasteiger partial charge in [0, 0.05) is 31.2 Å². The number of amides is 1. The first kappa shape index (κ1) is 13.1. The molecule has 0 aromatic heterocycles. The Hall–Kier alpha value is -1.39. The fourth-order valence-corrected chi connectivity index (χ4v) is 2.32. The molecule has 1 atom stereocenters. The lowest BCUT2D eigenvalue weighted by Crippen LogP contribution is -2.31. The standard InChI is InChI=1S/C14H21N3O/c1-16(2)9-11-4-3-5-12(8-11)14(18)17-7-6-13(15)10-17/h3-5,8,13H,6-7,9-10,15H2,1-2H3. The van der Waals surface area contributed by atoms with Crippen molar-refractivity contribution in [3.63, 3.8) is 0 Å². The normalized spacial score (nSPS) is 19.6. The third-order valence-electron chi connectivity index (χ3n) is 3.18. The van der Waals surface area contributed by atoms with E-state index in [1.807, 2.05) is 43.3 Å². The molecule has 1 unspecified atom stereocenters. The molecule has 2 N–H and O–H groups in total. The van der Waals surface area contributed by atoms with Gasteiger partial charge in [0.05, 0.1) is 0 Å². The molecule has 0 saturated carbocycles. The molecule has 0 aliphatic carbocycles. The van der Waals surface area contributed by atoms with E-state index in [0.717, 1.165) is 30.6 Å². The number of carbonyl (C=O) groups is 1. The van der Waals surface area contributed by atoms with Crippen molar-refractivity contribution in [2.75, 3.05) is 27.2 Å². The molecule has 1 aromatic rings. The van der Waals surface area contributed by atoms with E-state index in [9.17, 15) is 4.79 Å². The van der Waals surface area contributed by atoms with Crippen LogP contribution in [0.15, 0.2) is 24.3 Å². The van der Waals surface area contributed by atoms with E-state index >= 15 is 0 Å². The molecule has 1 amide bonds. The molecule has 2 rings (SSSR count). The minimum atomic E-state index is 0.101. The van der Waals surface area contributed by atoms with E-state index in [-0.39, 0.29) is 11.9 Å². The van der Waals surface area contributed by atoms with Crippen LogP contribution in [0.2, 0.25) is 0 Å². The Labute approximate surface area is 108 Å². The molecule has 0 spiro atoms. The quantitative estimate of drug-likeness (QED) is 0.864. The summed E-state index contributed by atoms with van der Waals surface area (Å²) < 4.78 is 0. The summed E-state index contributed by atoms with van der Waals surface area (Å²) in [4.78, 5) is 16.2. The summed E-state index contributed by atoms with van der Waals surface area (Å²) in [6.07, 6.45) is 0.906. The number of nitrogens with zero attached hydrogens (tertiary/aromatic N) is 2. The van der Waals surface area contributed by atoms with Crippen LogP contribution in [-0.2, 0) is 6.54 Å². The zero-order chi connectivity index (χ0) is 13.1. The monoisotopic (exact) mass is 247 g/mol. The van der Waals surface area contributed by atoms with Gasteiger partial charge in [0.1, 0.15) is 0 Å². The third-order valence-corrected chi connectivity index (χ3v) is 3.18. The summed E-state index contributed by atoms with van der Waals surface area (Å²) in [6.45, 7) is 2.30. The van der Waals surface area contributed by atoms with Crippen molar-refractivity contribution in [1.29, 1.82) is 0 Å². The van der Waals surface area contributed by atoms with E-state index in [4.69, 9.17) is 5.73 Å². The van der Waals surface area contributed by atoms with Crippen LogP contribution in [0, 0.1) is 0 Å². The van der Waals surface area contributed by atoms with E-state index < -0.39 is 0 Å². The van der Waals surface area contributed by atoms with Crippen molar-refractivity contribution >= 4 is 5.91 Å². The Morgan fingerprint density at radius 1 is 1.50 bits per heavy atom. The number of nitrogens with two attached hydrogens (primary N) is 1. The van der Waals surface area contributed by atoms with Gasteiger partial charge in [-0.15, -0.1) is 0 Å². The molecular formula is C14H21N3O. The van der Waals surface area contributed by atoms with Crippen LogP contribution in [0.4, 0.5) is 0 Å². The predicted octanol–water partition coefficient (Wildman–Crippen LogP) is 0.921. The van der Waals surface area contributed by atoms with Gasteiger partial charge in [-0.05, 0) is 38.2 Å². The lowest BCUT2D eigenvalue weighted by molar-refractivity contribution is 0.0790. The highest BCUT2D eigenvalue weighted by Crippen LogP contribution is 2.14. The van der Waals surface area contributed by atoms with Crippen LogP contribution in [0.5, 0.6) is 0 Å². The maximum atomic E-state index is 12.3. The molecule has 1 heterocycles. The first-order chi connectivity index (χ1) is 8.56. The third kappa shape index (κ3) is 3.09. The second-order valence-electron chi connectivity index (χ2n) is 5.24. The first-order valence-electron chi connectivity index (χ1n) is 6.35. The van der Waals surface area contributed by atoms with Gasteiger partial charge >= 0.3 is 0 Å². The number of hydrogen-bond acceptors (Lipinski definition) is 3. The number of likely N-dealkylation sites (tertiary alicyclic amines) is 1. The van der Waals surface area contributed by atoms with Crippen molar-refractivity contribution in [3.8, 4) is 0 Å². The van der Waals surface area contributed by atoms with Crippen molar-refractivity contribution in [2.24, 2.45) is 5.73 Å². The maximum Gasteiger partial charge on any atom is 0.253 e. The minimum absolute atomic E-state index is 0.101. The minimum Gasteiger partial charge on any atom is -0.337 e. The van der Waals surface area contributed by atoms with E-state index in [0.29, 0.717) is 6.54 Å². The van der Waals surface area contributed by atoms with E-state index in [1.165, 1.54) is 0 Å². The zero-order valence-electron chi connectivity index (χ0n) is 11.1. The highest BCUT2D eigenvalue weighted by molar-refractivity contribution is 5.94. The average Bonchev–Trinajstić information content (AvgIpc) is 2.74. The summed E-state index contributed by atoms with van der Waals surface area (Å²) >= 11 is 0. The molecule has 1 fully saturated rings. The molecule has 1 saturated heterocycles. The Kier molecular flexibility index (Phi) is 3.99. The van der Waals surface area contributed by atoms with Gasteiger partial charge in [-0.1, -0.05) is 12.1 Å². The Balaban J connectivity index is 2.10. The fraction of sp³-hybridized carbons (Fsp3) is 0.500. The van der Waals surface area contributed by atoms with Crippen LogP contribution in [0.3, 0.4) is 0 Å². The summed E-state index contributed by atoms with van der Waals surface area (Å²) in [6, 6.07) is 7.99. The van der Waals surface area contributed by atoms with Gasteiger partial charge < -0.3 is 15.5 Å². The van der Waals surface area contributed by atoms with Crippen LogP contribution >= 0.6 is 0 Å². The van der Waals surface area contributed by atoms with Crippen LogP contribution in [-0.4, -0.2) is 48.9 Å². The maximum absolute atomic E-state index is 12.3. The van der Waals surface area contributed by atoms with Crippen LogP contribution in [0.25, 0.3) is 0 Å². The average molecular weight is 247 g/mol. The molecule has 98 valence electrons. The molecule has 1 aromatic carbocycles.